The predicted molar refractivity (Wildman–Crippen MR) is 65.9 cm³/mol. The average molecular weight is 267 g/mol. The van der Waals surface area contributed by atoms with Gasteiger partial charge in [0.2, 0.25) is 16.1 Å². The van der Waals surface area contributed by atoms with E-state index in [2.05, 4.69) is 10.3 Å². The molecule has 1 aliphatic rings. The first-order valence-corrected chi connectivity index (χ1v) is 6.97. The van der Waals surface area contributed by atoms with Gasteiger partial charge in [-0.15, -0.1) is 0 Å². The first kappa shape index (κ1) is 12.9. The van der Waals surface area contributed by atoms with E-state index >= 15 is 0 Å². The number of hydrogen-bond donors (Lipinski definition) is 1. The zero-order chi connectivity index (χ0) is 13.0. The Morgan fingerprint density at radius 3 is 2.33 bits per heavy atom. The van der Waals surface area contributed by atoms with Crippen molar-refractivity contribution >= 4 is 21.8 Å². The number of hydrogen-bond acceptors (Lipinski definition) is 5. The molecule has 1 aliphatic heterocycles. The van der Waals surface area contributed by atoms with Crippen molar-refractivity contribution in [2.75, 3.05) is 26.2 Å². The molecule has 0 atom stereocenters. The molecule has 0 unspecified atom stereocenters. The van der Waals surface area contributed by atoms with Crippen LogP contribution in [-0.4, -0.2) is 45.0 Å². The van der Waals surface area contributed by atoms with E-state index in [1.54, 1.807) is 0 Å². The van der Waals surface area contributed by atoms with Gasteiger partial charge in [-0.3, -0.25) is 0 Å². The summed E-state index contributed by atoms with van der Waals surface area (Å²) in [6, 6.07) is 5.88. The Hall–Kier alpha value is -1.53. The Morgan fingerprint density at radius 1 is 1.17 bits per heavy atom. The minimum absolute atomic E-state index is 0.217. The zero-order valence-electron chi connectivity index (χ0n) is 9.67. The summed E-state index contributed by atoms with van der Waals surface area (Å²) in [6.07, 6.45) is 1.41. The molecule has 0 saturated carbocycles. The van der Waals surface area contributed by atoms with E-state index in [0.29, 0.717) is 31.9 Å². The number of nitrogens with zero attached hydrogens (tertiary/aromatic N) is 2. The highest BCUT2D eigenvalue weighted by Gasteiger charge is 2.25. The van der Waals surface area contributed by atoms with Crippen LogP contribution in [0.4, 0.5) is 5.69 Å². The fraction of sp³-hybridized carbons (Fsp3) is 0.364. The van der Waals surface area contributed by atoms with Crippen molar-refractivity contribution in [1.29, 1.82) is 0 Å². The average Bonchev–Trinajstić information content (AvgIpc) is 2.41. The molecule has 1 N–H and O–H groups in total. The molecule has 1 aromatic carbocycles. The second kappa shape index (κ2) is 5.41. The van der Waals surface area contributed by atoms with Gasteiger partial charge >= 0.3 is 0 Å². The first-order valence-electron chi connectivity index (χ1n) is 5.53. The highest BCUT2D eigenvalue weighted by atomic mass is 32.2. The van der Waals surface area contributed by atoms with Crippen LogP contribution in [0.25, 0.3) is 0 Å². The summed E-state index contributed by atoms with van der Waals surface area (Å²) in [4.78, 5) is 13.7. The lowest BCUT2D eigenvalue weighted by molar-refractivity contribution is 0.360. The third-order valence-electron chi connectivity index (χ3n) is 2.73. The molecule has 96 valence electrons. The van der Waals surface area contributed by atoms with E-state index in [-0.39, 0.29) is 4.90 Å². The minimum Gasteiger partial charge on any atom is -0.314 e. The van der Waals surface area contributed by atoms with Gasteiger partial charge in [0.25, 0.3) is 0 Å². The Kier molecular flexibility index (Phi) is 3.88. The van der Waals surface area contributed by atoms with Crippen LogP contribution in [0.1, 0.15) is 0 Å². The summed E-state index contributed by atoms with van der Waals surface area (Å²) in [7, 11) is -3.44. The monoisotopic (exact) mass is 267 g/mol. The van der Waals surface area contributed by atoms with Gasteiger partial charge in [-0.05, 0) is 24.3 Å². The van der Waals surface area contributed by atoms with E-state index in [1.165, 1.54) is 34.7 Å². The lowest BCUT2D eigenvalue weighted by Crippen LogP contribution is -2.46. The van der Waals surface area contributed by atoms with Crippen molar-refractivity contribution in [2.24, 2.45) is 4.99 Å². The molecule has 0 aromatic heterocycles. The van der Waals surface area contributed by atoms with E-state index in [4.69, 9.17) is 0 Å². The number of sulfonamides is 1. The molecule has 1 aromatic rings. The highest BCUT2D eigenvalue weighted by molar-refractivity contribution is 7.89. The van der Waals surface area contributed by atoms with E-state index < -0.39 is 10.0 Å². The number of rotatable bonds is 3. The maximum absolute atomic E-state index is 12.2. The van der Waals surface area contributed by atoms with Crippen LogP contribution < -0.4 is 5.32 Å². The maximum Gasteiger partial charge on any atom is 0.243 e. The van der Waals surface area contributed by atoms with Crippen molar-refractivity contribution in [3.8, 4) is 0 Å². The van der Waals surface area contributed by atoms with E-state index in [0.717, 1.165) is 0 Å². The molecular formula is C11H13N3O3S. The summed E-state index contributed by atoms with van der Waals surface area (Å²) in [5.41, 5.74) is 0.393. The first-order chi connectivity index (χ1) is 8.64. The Bertz CT molecular complexity index is 556. The van der Waals surface area contributed by atoms with Gasteiger partial charge in [-0.2, -0.15) is 9.30 Å². The molecule has 0 radical (unpaired) electrons. The number of piperazine rings is 1. The van der Waals surface area contributed by atoms with Crippen LogP contribution >= 0.6 is 0 Å². The normalized spacial score (nSPS) is 17.1. The molecule has 18 heavy (non-hydrogen) atoms. The number of carbonyl (C=O) groups excluding carboxylic acids is 1. The maximum atomic E-state index is 12.2. The lowest BCUT2D eigenvalue weighted by Gasteiger charge is -2.26. The van der Waals surface area contributed by atoms with Crippen LogP contribution in [-0.2, 0) is 14.8 Å². The highest BCUT2D eigenvalue weighted by Crippen LogP contribution is 2.19. The SMILES string of the molecule is O=C=Nc1ccc(S(=O)(=O)N2CCNCC2)cc1. The van der Waals surface area contributed by atoms with Crippen molar-refractivity contribution in [1.82, 2.24) is 9.62 Å². The van der Waals surface area contributed by atoms with Gasteiger partial charge in [-0.1, -0.05) is 0 Å². The Labute approximate surface area is 105 Å². The number of nitrogens with one attached hydrogen (secondary N) is 1. The van der Waals surface area contributed by atoms with Crippen LogP contribution in [0.2, 0.25) is 0 Å². The van der Waals surface area contributed by atoms with Crippen molar-refractivity contribution in [3.63, 3.8) is 0 Å². The van der Waals surface area contributed by atoms with Crippen molar-refractivity contribution < 1.29 is 13.2 Å². The fourth-order valence-electron chi connectivity index (χ4n) is 1.78. The van der Waals surface area contributed by atoms with Crippen molar-refractivity contribution in [3.05, 3.63) is 24.3 Å². The van der Waals surface area contributed by atoms with Gasteiger partial charge in [0, 0.05) is 26.2 Å². The minimum atomic E-state index is -3.44. The molecular weight excluding hydrogens is 254 g/mol. The third kappa shape index (κ3) is 2.65. The molecule has 1 saturated heterocycles. The summed E-state index contributed by atoms with van der Waals surface area (Å²) in [6.45, 7) is 2.26. The standard InChI is InChI=1S/C11H13N3O3S/c15-9-13-10-1-3-11(4-2-10)18(16,17)14-7-5-12-6-8-14/h1-4,12H,5-8H2. The molecule has 0 bridgehead atoms. The van der Waals surface area contributed by atoms with Crippen molar-refractivity contribution in [2.45, 2.75) is 4.90 Å². The lowest BCUT2D eigenvalue weighted by atomic mass is 10.3. The van der Waals surface area contributed by atoms with Crippen LogP contribution in [0, 0.1) is 0 Å². The van der Waals surface area contributed by atoms with Gasteiger partial charge in [0.1, 0.15) is 0 Å². The van der Waals surface area contributed by atoms with Gasteiger partial charge in [-0.25, -0.2) is 13.2 Å². The molecule has 1 heterocycles. The van der Waals surface area contributed by atoms with E-state index in [9.17, 15) is 13.2 Å². The van der Waals surface area contributed by atoms with Gasteiger partial charge in [0.15, 0.2) is 0 Å². The second-order valence-electron chi connectivity index (χ2n) is 3.85. The van der Waals surface area contributed by atoms with Gasteiger partial charge in [0.05, 0.1) is 10.6 Å². The van der Waals surface area contributed by atoms with Crippen LogP contribution in [0.3, 0.4) is 0 Å². The summed E-state index contributed by atoms with van der Waals surface area (Å²) in [5, 5.41) is 3.10. The Morgan fingerprint density at radius 2 is 1.78 bits per heavy atom. The topological polar surface area (TPSA) is 78.8 Å². The number of aliphatic imine (C=N–C) groups is 1. The smallest absolute Gasteiger partial charge is 0.243 e. The predicted octanol–water partition coefficient (Wildman–Crippen LogP) is 0.248. The van der Waals surface area contributed by atoms with Crippen LogP contribution in [0.5, 0.6) is 0 Å². The second-order valence-corrected chi connectivity index (χ2v) is 5.79. The Balaban J connectivity index is 2.26. The molecule has 0 aliphatic carbocycles. The molecule has 0 amide bonds. The molecule has 7 heteroatoms. The summed E-state index contributed by atoms with van der Waals surface area (Å²) in [5.74, 6) is 0. The molecule has 1 fully saturated rings. The van der Waals surface area contributed by atoms with Gasteiger partial charge < -0.3 is 5.32 Å². The zero-order valence-corrected chi connectivity index (χ0v) is 10.5. The third-order valence-corrected chi connectivity index (χ3v) is 4.64. The largest absolute Gasteiger partial charge is 0.314 e. The van der Waals surface area contributed by atoms with Crippen LogP contribution in [0.15, 0.2) is 34.2 Å². The molecule has 0 spiro atoms. The van der Waals surface area contributed by atoms with E-state index in [1.807, 2.05) is 0 Å². The summed E-state index contributed by atoms with van der Waals surface area (Å²) >= 11 is 0. The molecule has 2 rings (SSSR count). The number of benzene rings is 1. The fourth-order valence-corrected chi connectivity index (χ4v) is 3.22. The quantitative estimate of drug-likeness (QED) is 0.629. The number of isocyanates is 1. The molecule has 6 nitrogen and oxygen atoms in total. The summed E-state index contributed by atoms with van der Waals surface area (Å²) < 4.78 is 25.9.